The van der Waals surface area contributed by atoms with Gasteiger partial charge in [-0.25, -0.2) is 4.98 Å². The molecule has 0 atom stereocenters. The Balaban J connectivity index is 0.00000225. The van der Waals surface area contributed by atoms with Crippen LogP contribution in [0.25, 0.3) is 21.8 Å². The molecule has 142 valence electrons. The zero-order chi connectivity index (χ0) is 18.6. The molecular formula is C23H22ClN3O. The lowest BCUT2D eigenvalue weighted by atomic mass is 10.1. The normalized spacial score (nSPS) is 10.6. The summed E-state index contributed by atoms with van der Waals surface area (Å²) in [5.74, 6) is 0.365. The highest BCUT2D eigenvalue weighted by atomic mass is 35.5. The molecule has 1 amide bonds. The molecular weight excluding hydrogens is 370 g/mol. The molecule has 0 saturated heterocycles. The van der Waals surface area contributed by atoms with Gasteiger partial charge in [-0.1, -0.05) is 49.7 Å². The van der Waals surface area contributed by atoms with E-state index in [0.717, 1.165) is 46.8 Å². The van der Waals surface area contributed by atoms with Crippen molar-refractivity contribution in [1.82, 2.24) is 9.97 Å². The van der Waals surface area contributed by atoms with E-state index in [1.165, 1.54) is 0 Å². The molecule has 2 heterocycles. The van der Waals surface area contributed by atoms with E-state index in [-0.39, 0.29) is 18.3 Å². The molecule has 4 rings (SSSR count). The van der Waals surface area contributed by atoms with E-state index in [0.29, 0.717) is 11.4 Å². The summed E-state index contributed by atoms with van der Waals surface area (Å²) >= 11 is 0. The van der Waals surface area contributed by atoms with Gasteiger partial charge in [-0.2, -0.15) is 0 Å². The first kappa shape index (κ1) is 19.8. The molecule has 1 N–H and O–H groups in total. The third-order valence-electron chi connectivity index (χ3n) is 4.64. The molecule has 0 fully saturated rings. The van der Waals surface area contributed by atoms with Crippen LogP contribution >= 0.6 is 12.4 Å². The fourth-order valence-electron chi connectivity index (χ4n) is 3.15. The molecule has 2 aromatic heterocycles. The summed E-state index contributed by atoms with van der Waals surface area (Å²) in [4.78, 5) is 22.0. The molecule has 0 spiro atoms. The summed E-state index contributed by atoms with van der Waals surface area (Å²) < 4.78 is 0. The Morgan fingerprint density at radius 2 is 1.50 bits per heavy atom. The van der Waals surface area contributed by atoms with Crippen LogP contribution in [0.2, 0.25) is 0 Å². The predicted molar refractivity (Wildman–Crippen MR) is 117 cm³/mol. The molecule has 28 heavy (non-hydrogen) atoms. The van der Waals surface area contributed by atoms with Crippen molar-refractivity contribution in [3.63, 3.8) is 0 Å². The average Bonchev–Trinajstić information content (AvgIpc) is 2.72. The fourth-order valence-corrected chi connectivity index (χ4v) is 3.15. The minimum Gasteiger partial charge on any atom is -0.307 e. The third kappa shape index (κ3) is 4.12. The van der Waals surface area contributed by atoms with Crippen molar-refractivity contribution in [2.75, 3.05) is 5.32 Å². The quantitative estimate of drug-likeness (QED) is 0.437. The van der Waals surface area contributed by atoms with E-state index < -0.39 is 0 Å². The largest absolute Gasteiger partial charge is 0.307 e. The molecule has 0 bridgehead atoms. The second-order valence-corrected chi connectivity index (χ2v) is 6.63. The van der Waals surface area contributed by atoms with Gasteiger partial charge in [-0.3, -0.25) is 9.78 Å². The van der Waals surface area contributed by atoms with Crippen LogP contribution in [0, 0.1) is 0 Å². The number of hydrogen-bond acceptors (Lipinski definition) is 3. The van der Waals surface area contributed by atoms with Gasteiger partial charge in [0.15, 0.2) is 0 Å². The number of nitrogens with zero attached hydrogens (tertiary/aromatic N) is 2. The Bertz CT molecular complexity index is 1110. The smallest absolute Gasteiger partial charge is 0.256 e. The average molecular weight is 392 g/mol. The molecule has 0 aliphatic heterocycles. The maximum Gasteiger partial charge on any atom is 0.256 e. The van der Waals surface area contributed by atoms with E-state index in [1.807, 2.05) is 36.4 Å². The van der Waals surface area contributed by atoms with Gasteiger partial charge in [-0.15, -0.1) is 12.4 Å². The maximum absolute atomic E-state index is 12.4. The number of carbonyl (C=O) groups is 1. The molecule has 0 aliphatic carbocycles. The van der Waals surface area contributed by atoms with Crippen molar-refractivity contribution in [1.29, 1.82) is 0 Å². The Labute approximate surface area is 170 Å². The number of halogens is 1. The van der Waals surface area contributed by atoms with E-state index >= 15 is 0 Å². The van der Waals surface area contributed by atoms with Crippen LogP contribution in [0.5, 0.6) is 0 Å². The Kier molecular flexibility index (Phi) is 6.22. The molecule has 0 saturated carbocycles. The monoisotopic (exact) mass is 391 g/mol. The first-order valence-corrected chi connectivity index (χ1v) is 9.30. The van der Waals surface area contributed by atoms with Crippen molar-refractivity contribution in [2.24, 2.45) is 0 Å². The molecule has 4 aromatic rings. The predicted octanol–water partition coefficient (Wildman–Crippen LogP) is 5.80. The molecule has 2 aromatic carbocycles. The van der Waals surface area contributed by atoms with Crippen molar-refractivity contribution < 1.29 is 4.79 Å². The number of hydrogen-bond donors (Lipinski definition) is 1. The summed E-state index contributed by atoms with van der Waals surface area (Å²) in [6, 6.07) is 21.3. The summed E-state index contributed by atoms with van der Waals surface area (Å²) in [5.41, 5.74) is 3.39. The Morgan fingerprint density at radius 1 is 0.857 bits per heavy atom. The van der Waals surface area contributed by atoms with Gasteiger partial charge in [0, 0.05) is 22.0 Å². The lowest BCUT2D eigenvalue weighted by molar-refractivity contribution is 0.102. The van der Waals surface area contributed by atoms with Crippen LogP contribution in [0.15, 0.2) is 66.7 Å². The third-order valence-corrected chi connectivity index (χ3v) is 4.64. The highest BCUT2D eigenvalue weighted by Gasteiger charge is 2.09. The molecule has 4 nitrogen and oxygen atoms in total. The zero-order valence-electron chi connectivity index (χ0n) is 15.7. The summed E-state index contributed by atoms with van der Waals surface area (Å²) in [6.45, 7) is 2.18. The number of benzene rings is 2. The van der Waals surface area contributed by atoms with Gasteiger partial charge < -0.3 is 5.32 Å². The van der Waals surface area contributed by atoms with E-state index in [9.17, 15) is 4.79 Å². The minimum atomic E-state index is -0.167. The Hall–Kier alpha value is -2.98. The summed E-state index contributed by atoms with van der Waals surface area (Å²) in [5, 5.41) is 4.96. The molecule has 0 unspecified atom stereocenters. The Morgan fingerprint density at radius 3 is 2.21 bits per heavy atom. The number of rotatable bonds is 5. The first-order chi connectivity index (χ1) is 13.2. The van der Waals surface area contributed by atoms with Gasteiger partial charge in [0.1, 0.15) is 5.82 Å². The topological polar surface area (TPSA) is 54.9 Å². The lowest BCUT2D eigenvalue weighted by Gasteiger charge is -2.08. The highest BCUT2D eigenvalue weighted by molar-refractivity contribution is 6.06. The van der Waals surface area contributed by atoms with Crippen LogP contribution in [-0.4, -0.2) is 15.9 Å². The number of fused-ring (bicyclic) bond motifs is 3. The van der Waals surface area contributed by atoms with E-state index in [2.05, 4.69) is 30.4 Å². The minimum absolute atomic E-state index is 0. The lowest BCUT2D eigenvalue weighted by Crippen LogP contribution is -2.12. The van der Waals surface area contributed by atoms with Gasteiger partial charge >= 0.3 is 0 Å². The van der Waals surface area contributed by atoms with Gasteiger partial charge in [-0.05, 0) is 43.2 Å². The highest BCUT2D eigenvalue weighted by Crippen LogP contribution is 2.24. The zero-order valence-corrected chi connectivity index (χ0v) is 16.5. The van der Waals surface area contributed by atoms with Crippen LogP contribution in [0.3, 0.4) is 0 Å². The molecule has 5 heteroatoms. The van der Waals surface area contributed by atoms with Crippen molar-refractivity contribution in [2.45, 2.75) is 26.2 Å². The SMILES string of the molecule is CCCCc1ccc2ccc3ccc(NC(=O)c4ccccc4)nc3c2n1.Cl. The second-order valence-electron chi connectivity index (χ2n) is 6.63. The fraction of sp³-hybridized carbons (Fsp3) is 0.174. The number of aromatic nitrogens is 2. The number of pyridine rings is 2. The van der Waals surface area contributed by atoms with Crippen LogP contribution in [0.1, 0.15) is 35.8 Å². The van der Waals surface area contributed by atoms with Crippen molar-refractivity contribution >= 4 is 45.9 Å². The van der Waals surface area contributed by atoms with Crippen LogP contribution in [0.4, 0.5) is 5.82 Å². The number of aryl methyl sites for hydroxylation is 1. The number of nitrogens with one attached hydrogen (secondary N) is 1. The number of amides is 1. The van der Waals surface area contributed by atoms with E-state index in [4.69, 9.17) is 9.97 Å². The van der Waals surface area contributed by atoms with Gasteiger partial charge in [0.2, 0.25) is 0 Å². The molecule has 0 aliphatic rings. The summed E-state index contributed by atoms with van der Waals surface area (Å²) in [7, 11) is 0. The van der Waals surface area contributed by atoms with Crippen molar-refractivity contribution in [3.8, 4) is 0 Å². The van der Waals surface area contributed by atoms with E-state index in [1.54, 1.807) is 12.1 Å². The molecule has 0 radical (unpaired) electrons. The van der Waals surface area contributed by atoms with Crippen LogP contribution < -0.4 is 5.32 Å². The second kappa shape index (κ2) is 8.81. The summed E-state index contributed by atoms with van der Waals surface area (Å²) in [6.07, 6.45) is 3.23. The van der Waals surface area contributed by atoms with Gasteiger partial charge in [0.25, 0.3) is 5.91 Å². The standard InChI is InChI=1S/C23H21N3O.ClH/c1-2-3-9-19-14-12-16-10-11-17-13-15-20(25-22(17)21(16)24-19)26-23(27)18-7-5-4-6-8-18;/h4-8,10-15H,2-3,9H2,1H3,(H,25,26,27);1H. The number of carbonyl (C=O) groups excluding carboxylic acids is 1. The first-order valence-electron chi connectivity index (χ1n) is 9.30. The maximum atomic E-state index is 12.4. The van der Waals surface area contributed by atoms with Gasteiger partial charge in [0.05, 0.1) is 11.0 Å². The van der Waals surface area contributed by atoms with Crippen molar-refractivity contribution in [3.05, 3.63) is 78.0 Å². The number of anilines is 1. The number of unbranched alkanes of at least 4 members (excludes halogenated alkanes) is 1. The van der Waals surface area contributed by atoms with Crippen LogP contribution in [-0.2, 0) is 6.42 Å².